The summed E-state index contributed by atoms with van der Waals surface area (Å²) in [6.07, 6.45) is 13.1. The van der Waals surface area contributed by atoms with Crippen molar-refractivity contribution in [2.45, 2.75) is 0 Å². The van der Waals surface area contributed by atoms with Crippen molar-refractivity contribution in [2.24, 2.45) is 0 Å². The number of aromatic nitrogens is 8. The van der Waals surface area contributed by atoms with Crippen molar-refractivity contribution in [3.05, 3.63) is 172 Å². The highest BCUT2D eigenvalue weighted by atomic mass is 79.9. The first-order valence-electron chi connectivity index (χ1n) is 18.7. The number of hydrogen-bond donors (Lipinski definition) is 1. The van der Waals surface area contributed by atoms with Crippen LogP contribution in [0.2, 0.25) is 0 Å². The first-order valence-corrected chi connectivity index (χ1v) is 21.1. The van der Waals surface area contributed by atoms with Crippen LogP contribution in [-0.2, 0) is 0 Å². The van der Waals surface area contributed by atoms with Crippen LogP contribution in [0.1, 0.15) is 0 Å². The molecule has 0 bridgehead atoms. The number of nitrogens with two attached hydrogens (primary N) is 1. The predicted molar refractivity (Wildman–Crippen MR) is 246 cm³/mol. The van der Waals surface area contributed by atoms with Crippen molar-refractivity contribution in [1.82, 2.24) is 38.1 Å². The van der Waals surface area contributed by atoms with Crippen LogP contribution < -0.4 is 5.73 Å². The van der Waals surface area contributed by atoms with Gasteiger partial charge in [-0.25, -0.2) is 19.9 Å². The first kappa shape index (κ1) is 36.5. The summed E-state index contributed by atoms with van der Waals surface area (Å²) in [6, 6.07) is 35.9. The molecule has 0 aliphatic carbocycles. The van der Waals surface area contributed by atoms with Gasteiger partial charge in [0.05, 0.1) is 35.0 Å². The minimum absolute atomic E-state index is 0.528. The second kappa shape index (κ2) is 14.3. The Labute approximate surface area is 366 Å². The number of halogens is 4. The molecule has 3 aromatic carbocycles. The van der Waals surface area contributed by atoms with Gasteiger partial charge in [-0.05, 0) is 125 Å². The van der Waals surface area contributed by atoms with Gasteiger partial charge in [-0.2, -0.15) is 4.39 Å². The molecule has 0 atom stereocenters. The first-order chi connectivity index (χ1) is 29.2. The van der Waals surface area contributed by atoms with E-state index in [9.17, 15) is 4.39 Å². The molecule has 2 N–H and O–H groups in total. The molecular formula is C47H27Br3FN9. The van der Waals surface area contributed by atoms with Gasteiger partial charge < -0.3 is 5.73 Å². The van der Waals surface area contributed by atoms with Gasteiger partial charge in [0.25, 0.3) is 0 Å². The number of anilines is 1. The number of hydrogen-bond acceptors (Lipinski definition) is 6. The SMILES string of the molecule is Nc1cccc(-c2ccc(-c3c(-c4cc(Br)cn5c(-c6cnc7cc(-c8cc(Br)cn9c(-c%10ccc(F)nc%10)cnc89)ccc7c6)cnc45)nc4ccc(Br)cn34)cc2)c1. The third-order valence-electron chi connectivity index (χ3n) is 10.7. The van der Waals surface area contributed by atoms with E-state index in [4.69, 9.17) is 25.7 Å². The molecule has 0 radical (unpaired) electrons. The highest BCUT2D eigenvalue weighted by molar-refractivity contribution is 9.11. The molecule has 60 heavy (non-hydrogen) atoms. The van der Waals surface area contributed by atoms with E-state index in [1.165, 1.54) is 12.3 Å². The fourth-order valence-electron chi connectivity index (χ4n) is 7.90. The van der Waals surface area contributed by atoms with E-state index in [1.54, 1.807) is 12.3 Å². The van der Waals surface area contributed by atoms with Gasteiger partial charge in [0.1, 0.15) is 22.6 Å². The van der Waals surface area contributed by atoms with Crippen LogP contribution in [0.15, 0.2) is 166 Å². The number of imidazole rings is 3. The monoisotopic (exact) mass is 973 g/mol. The molecule has 8 heterocycles. The van der Waals surface area contributed by atoms with Crippen molar-refractivity contribution >= 4 is 81.3 Å². The maximum absolute atomic E-state index is 13.6. The molecule has 0 aliphatic heterocycles. The van der Waals surface area contributed by atoms with Crippen molar-refractivity contribution in [1.29, 1.82) is 0 Å². The van der Waals surface area contributed by atoms with Gasteiger partial charge in [0.2, 0.25) is 5.95 Å². The summed E-state index contributed by atoms with van der Waals surface area (Å²) in [5, 5.41) is 0.976. The Morgan fingerprint density at radius 2 is 1.17 bits per heavy atom. The minimum atomic E-state index is -0.528. The van der Waals surface area contributed by atoms with Crippen LogP contribution in [-0.4, -0.2) is 38.1 Å². The van der Waals surface area contributed by atoms with Crippen molar-refractivity contribution in [3.63, 3.8) is 0 Å². The fourth-order valence-corrected chi connectivity index (χ4v) is 9.10. The van der Waals surface area contributed by atoms with Gasteiger partial charge in [0.15, 0.2) is 0 Å². The molecule has 0 saturated heterocycles. The zero-order valence-electron chi connectivity index (χ0n) is 31.1. The van der Waals surface area contributed by atoms with Crippen molar-refractivity contribution in [3.8, 4) is 67.3 Å². The van der Waals surface area contributed by atoms with Crippen LogP contribution in [0.4, 0.5) is 10.1 Å². The second-order valence-corrected chi connectivity index (χ2v) is 17.2. The molecule has 0 spiro atoms. The molecule has 11 aromatic rings. The minimum Gasteiger partial charge on any atom is -0.399 e. The Bertz CT molecular complexity index is 3500. The van der Waals surface area contributed by atoms with Gasteiger partial charge in [-0.15, -0.1) is 0 Å². The van der Waals surface area contributed by atoms with E-state index in [2.05, 4.69) is 122 Å². The molecule has 0 saturated carbocycles. The lowest BCUT2D eigenvalue weighted by molar-refractivity contribution is 0.584. The summed E-state index contributed by atoms with van der Waals surface area (Å²) in [7, 11) is 0. The third-order valence-corrected chi connectivity index (χ3v) is 12.0. The molecule has 13 heteroatoms. The number of fused-ring (bicyclic) bond motifs is 4. The lowest BCUT2D eigenvalue weighted by atomic mass is 10.0. The van der Waals surface area contributed by atoms with E-state index in [-0.39, 0.29) is 0 Å². The number of benzene rings is 3. The molecule has 0 amide bonds. The average Bonchev–Trinajstić information content (AvgIpc) is 3.99. The largest absolute Gasteiger partial charge is 0.399 e. The highest BCUT2D eigenvalue weighted by Crippen LogP contribution is 2.39. The lowest BCUT2D eigenvalue weighted by Gasteiger charge is -2.11. The Morgan fingerprint density at radius 3 is 1.92 bits per heavy atom. The van der Waals surface area contributed by atoms with E-state index in [1.807, 2.05) is 71.8 Å². The fraction of sp³-hybridized carbons (Fsp3) is 0. The van der Waals surface area contributed by atoms with Gasteiger partial charge in [0, 0.05) is 83.3 Å². The summed E-state index contributed by atoms with van der Waals surface area (Å²) in [5.41, 5.74) is 21.0. The van der Waals surface area contributed by atoms with E-state index in [0.29, 0.717) is 0 Å². The molecular weight excluding hydrogens is 949 g/mol. The number of rotatable bonds is 6. The quantitative estimate of drug-likeness (QED) is 0.131. The van der Waals surface area contributed by atoms with Crippen LogP contribution in [0.5, 0.6) is 0 Å². The molecule has 11 rings (SSSR count). The molecule has 0 unspecified atom stereocenters. The van der Waals surface area contributed by atoms with E-state index in [0.717, 1.165) is 114 Å². The molecule has 0 aliphatic rings. The van der Waals surface area contributed by atoms with Crippen LogP contribution in [0, 0.1) is 5.95 Å². The Hall–Kier alpha value is -6.54. The third kappa shape index (κ3) is 6.28. The summed E-state index contributed by atoms with van der Waals surface area (Å²) in [4.78, 5) is 23.8. The summed E-state index contributed by atoms with van der Waals surface area (Å²) in [6.45, 7) is 0. The summed E-state index contributed by atoms with van der Waals surface area (Å²) < 4.78 is 22.5. The standard InChI is InChI=1S/C47H27Br3FN9/c48-33-11-13-43-57-44(45(60(43)23-33)27-6-4-26(5-7-27)28-2-1-3-36(52)15-28)38-18-35(50)25-59-41(22-56-47(38)59)32-14-30-9-8-29(16-39(30)53-20-32)37-17-34(49)24-58-40(21-55-46(37)58)31-10-12-42(51)54-19-31/h1-25H,52H2. The predicted octanol–water partition coefficient (Wildman–Crippen LogP) is 12.6. The maximum atomic E-state index is 13.6. The lowest BCUT2D eigenvalue weighted by Crippen LogP contribution is -1.95. The number of nitrogens with zero attached hydrogens (tertiary/aromatic N) is 8. The number of nitrogen functional groups attached to an aromatic ring is 1. The zero-order chi connectivity index (χ0) is 40.6. The van der Waals surface area contributed by atoms with Crippen LogP contribution in [0.3, 0.4) is 0 Å². The topological polar surface area (TPSA) is 104 Å². The van der Waals surface area contributed by atoms with E-state index >= 15 is 0 Å². The van der Waals surface area contributed by atoms with Crippen molar-refractivity contribution in [2.75, 3.05) is 5.73 Å². The smallest absolute Gasteiger partial charge is 0.212 e. The Morgan fingerprint density at radius 1 is 0.500 bits per heavy atom. The average molecular weight is 977 g/mol. The maximum Gasteiger partial charge on any atom is 0.212 e. The molecule has 0 fully saturated rings. The molecule has 8 aromatic heterocycles. The zero-order valence-corrected chi connectivity index (χ0v) is 35.9. The summed E-state index contributed by atoms with van der Waals surface area (Å²) >= 11 is 11.2. The van der Waals surface area contributed by atoms with Gasteiger partial charge in [-0.3, -0.25) is 18.2 Å². The van der Waals surface area contributed by atoms with Gasteiger partial charge in [-0.1, -0.05) is 48.5 Å². The van der Waals surface area contributed by atoms with Crippen molar-refractivity contribution < 1.29 is 4.39 Å². The number of pyridine rings is 5. The Kier molecular flexibility index (Phi) is 8.73. The Balaban J connectivity index is 0.987. The normalized spacial score (nSPS) is 11.7. The van der Waals surface area contributed by atoms with Crippen LogP contribution >= 0.6 is 47.8 Å². The highest BCUT2D eigenvalue weighted by Gasteiger charge is 2.22. The molecule has 288 valence electrons. The molecule has 9 nitrogen and oxygen atoms in total. The summed E-state index contributed by atoms with van der Waals surface area (Å²) in [5.74, 6) is -0.528. The van der Waals surface area contributed by atoms with E-state index < -0.39 is 5.95 Å². The van der Waals surface area contributed by atoms with Crippen LogP contribution in [0.25, 0.3) is 95.1 Å². The second-order valence-electron chi connectivity index (χ2n) is 14.4. The van der Waals surface area contributed by atoms with Gasteiger partial charge >= 0.3 is 0 Å².